The molecule has 2 heterocycles. The summed E-state index contributed by atoms with van der Waals surface area (Å²) in [6, 6.07) is 9.62. The van der Waals surface area contributed by atoms with E-state index in [1.807, 2.05) is 44.2 Å². The fourth-order valence-electron chi connectivity index (χ4n) is 4.48. The van der Waals surface area contributed by atoms with Crippen molar-refractivity contribution >= 4 is 41.3 Å². The number of halogens is 2. The normalized spacial score (nSPS) is 15.0. The second-order valence-electron chi connectivity index (χ2n) is 9.84. The van der Waals surface area contributed by atoms with E-state index in [1.54, 1.807) is 6.92 Å². The van der Waals surface area contributed by atoms with Crippen LogP contribution in [-0.2, 0) is 0 Å². The summed E-state index contributed by atoms with van der Waals surface area (Å²) in [6.45, 7) is 9.37. The van der Waals surface area contributed by atoms with Crippen molar-refractivity contribution in [2.75, 3.05) is 43.4 Å². The minimum absolute atomic E-state index is 0.0919. The lowest BCUT2D eigenvalue weighted by atomic mass is 9.99. The van der Waals surface area contributed by atoms with Crippen LogP contribution in [0.3, 0.4) is 0 Å². The molecule has 0 aliphatic carbocycles. The molecule has 39 heavy (non-hydrogen) atoms. The van der Waals surface area contributed by atoms with Crippen molar-refractivity contribution in [1.82, 2.24) is 15.1 Å². The zero-order chi connectivity index (χ0) is 28.1. The molecule has 3 aromatic rings. The van der Waals surface area contributed by atoms with Gasteiger partial charge in [0, 0.05) is 54.2 Å². The van der Waals surface area contributed by atoms with Gasteiger partial charge in [-0.25, -0.2) is 8.78 Å². The number of aromatic nitrogens is 2. The largest absolute Gasteiger partial charge is 0.369 e. The van der Waals surface area contributed by atoms with Gasteiger partial charge in [-0.05, 0) is 81.4 Å². The molecule has 1 fully saturated rings. The smallest absolute Gasteiger partial charge is 0.276 e. The summed E-state index contributed by atoms with van der Waals surface area (Å²) in [5.41, 5.74) is 3.67. The zero-order valence-electron chi connectivity index (χ0n) is 22.6. The van der Waals surface area contributed by atoms with Gasteiger partial charge in [0.05, 0.1) is 5.69 Å². The Labute approximate surface area is 227 Å². The van der Waals surface area contributed by atoms with Crippen molar-refractivity contribution in [3.8, 4) is 0 Å². The molecule has 4 rings (SSSR count). The van der Waals surface area contributed by atoms with Gasteiger partial charge in [0.1, 0.15) is 17.9 Å². The Morgan fingerprint density at radius 1 is 1.05 bits per heavy atom. The molecule has 2 N–H and O–H groups in total. The number of carbonyl (C=O) groups is 2. The Morgan fingerprint density at radius 3 is 2.28 bits per heavy atom. The highest BCUT2D eigenvalue weighted by Crippen LogP contribution is 2.28. The predicted octanol–water partition coefficient (Wildman–Crippen LogP) is 5.88. The van der Waals surface area contributed by atoms with Crippen LogP contribution in [0, 0.1) is 11.6 Å². The maximum absolute atomic E-state index is 14.7. The number of carbonyl (C=O) groups excluding carboxylic acids is 2. The maximum atomic E-state index is 14.7. The quantitative estimate of drug-likeness (QED) is 0.354. The standard InChI is InChI=1S/C30H33F2N5O2/c1-5-19(2)14-27-24(15-20(3)28-25(31)16-21(18-38)17-26(28)32)29(35-34-27)30(39)33-22-6-8-23(9-7-22)37-12-10-36(4)11-13-37/h6-9,14-18H,5,10-13H2,1-4H3,(H,33,39)(H,34,35)/b19-14+,20-15+. The van der Waals surface area contributed by atoms with Gasteiger partial charge in [0.2, 0.25) is 0 Å². The number of H-pyrrole nitrogens is 1. The molecule has 1 amide bonds. The lowest BCUT2D eigenvalue weighted by Crippen LogP contribution is -2.44. The fourth-order valence-corrected chi connectivity index (χ4v) is 4.48. The molecule has 0 spiro atoms. The zero-order valence-corrected chi connectivity index (χ0v) is 22.6. The molecule has 1 saturated heterocycles. The van der Waals surface area contributed by atoms with Crippen LogP contribution in [0.5, 0.6) is 0 Å². The van der Waals surface area contributed by atoms with E-state index in [-0.39, 0.29) is 22.4 Å². The van der Waals surface area contributed by atoms with Crippen molar-refractivity contribution in [3.05, 3.63) is 81.7 Å². The van der Waals surface area contributed by atoms with Crippen LogP contribution in [-0.4, -0.2) is 60.5 Å². The fraction of sp³-hybridized carbons (Fsp3) is 0.300. The molecule has 0 bridgehead atoms. The van der Waals surface area contributed by atoms with Crippen LogP contribution in [0.4, 0.5) is 20.2 Å². The Kier molecular flexibility index (Phi) is 8.71. The van der Waals surface area contributed by atoms with Gasteiger partial charge in [0.15, 0.2) is 5.69 Å². The summed E-state index contributed by atoms with van der Waals surface area (Å²) in [5, 5.41) is 10.0. The highest BCUT2D eigenvalue weighted by Gasteiger charge is 2.21. The van der Waals surface area contributed by atoms with Gasteiger partial charge in [-0.2, -0.15) is 5.10 Å². The number of amides is 1. The SMILES string of the molecule is CC/C(C)=C/c1[nH]nc(C(=O)Nc2ccc(N3CCN(C)CC3)cc2)c1/C=C(\C)c1c(F)cc(C=O)cc1F. The van der Waals surface area contributed by atoms with E-state index in [1.165, 1.54) is 6.08 Å². The van der Waals surface area contributed by atoms with Crippen molar-refractivity contribution in [2.24, 2.45) is 0 Å². The predicted molar refractivity (Wildman–Crippen MR) is 152 cm³/mol. The number of benzene rings is 2. The molecule has 2 aromatic carbocycles. The summed E-state index contributed by atoms with van der Waals surface area (Å²) < 4.78 is 29.4. The number of anilines is 2. The Bertz CT molecular complexity index is 1390. The van der Waals surface area contributed by atoms with Crippen LogP contribution in [0.2, 0.25) is 0 Å². The molecule has 7 nitrogen and oxygen atoms in total. The minimum Gasteiger partial charge on any atom is -0.369 e. The summed E-state index contributed by atoms with van der Waals surface area (Å²) in [7, 11) is 2.11. The molecule has 0 radical (unpaired) electrons. The van der Waals surface area contributed by atoms with Crippen LogP contribution in [0.1, 0.15) is 64.9 Å². The molecule has 0 unspecified atom stereocenters. The van der Waals surface area contributed by atoms with E-state index in [4.69, 9.17) is 0 Å². The second-order valence-corrected chi connectivity index (χ2v) is 9.84. The number of likely N-dealkylation sites (N-methyl/N-ethyl adjacent to an activating group) is 1. The molecule has 0 saturated carbocycles. The number of rotatable bonds is 8. The first-order chi connectivity index (χ1) is 18.7. The first kappa shape index (κ1) is 27.9. The van der Waals surface area contributed by atoms with Crippen molar-refractivity contribution in [2.45, 2.75) is 27.2 Å². The lowest BCUT2D eigenvalue weighted by Gasteiger charge is -2.34. The molecule has 1 aromatic heterocycles. The van der Waals surface area contributed by atoms with Gasteiger partial charge >= 0.3 is 0 Å². The molecule has 9 heteroatoms. The molecular formula is C30H33F2N5O2. The van der Waals surface area contributed by atoms with Crippen LogP contribution < -0.4 is 10.2 Å². The molecule has 1 aliphatic heterocycles. The Balaban J connectivity index is 1.64. The lowest BCUT2D eigenvalue weighted by molar-refractivity contribution is 0.102. The van der Waals surface area contributed by atoms with E-state index in [0.717, 1.165) is 56.0 Å². The molecule has 1 aliphatic rings. The van der Waals surface area contributed by atoms with Crippen molar-refractivity contribution in [1.29, 1.82) is 0 Å². The van der Waals surface area contributed by atoms with Crippen LogP contribution in [0.15, 0.2) is 42.0 Å². The number of allylic oxidation sites excluding steroid dienone is 2. The number of hydrogen-bond donors (Lipinski definition) is 2. The van der Waals surface area contributed by atoms with Gasteiger partial charge in [-0.1, -0.05) is 12.5 Å². The second kappa shape index (κ2) is 12.2. The third kappa shape index (κ3) is 6.49. The van der Waals surface area contributed by atoms with E-state index in [9.17, 15) is 18.4 Å². The van der Waals surface area contributed by atoms with E-state index < -0.39 is 17.5 Å². The minimum atomic E-state index is -0.859. The van der Waals surface area contributed by atoms with Crippen LogP contribution in [0.25, 0.3) is 17.7 Å². The first-order valence-corrected chi connectivity index (χ1v) is 12.9. The number of aromatic amines is 1. The van der Waals surface area contributed by atoms with Crippen LogP contribution >= 0.6 is 0 Å². The molecule has 0 atom stereocenters. The molecular weight excluding hydrogens is 500 g/mol. The van der Waals surface area contributed by atoms with E-state index in [2.05, 4.69) is 32.4 Å². The highest BCUT2D eigenvalue weighted by atomic mass is 19.1. The van der Waals surface area contributed by atoms with E-state index in [0.29, 0.717) is 23.2 Å². The summed E-state index contributed by atoms with van der Waals surface area (Å²) in [5.74, 6) is -2.17. The van der Waals surface area contributed by atoms with Gasteiger partial charge in [-0.15, -0.1) is 0 Å². The summed E-state index contributed by atoms with van der Waals surface area (Å²) in [6.07, 6.45) is 4.56. The Morgan fingerprint density at radius 2 is 1.69 bits per heavy atom. The van der Waals surface area contributed by atoms with E-state index >= 15 is 0 Å². The number of aldehydes is 1. The van der Waals surface area contributed by atoms with Gasteiger partial charge < -0.3 is 15.1 Å². The number of hydrogen-bond acceptors (Lipinski definition) is 5. The third-order valence-electron chi connectivity index (χ3n) is 6.95. The summed E-state index contributed by atoms with van der Waals surface area (Å²) >= 11 is 0. The molecule has 204 valence electrons. The van der Waals surface area contributed by atoms with Gasteiger partial charge in [-0.3, -0.25) is 14.7 Å². The highest BCUT2D eigenvalue weighted by molar-refractivity contribution is 6.07. The van der Waals surface area contributed by atoms with Crippen molar-refractivity contribution < 1.29 is 18.4 Å². The first-order valence-electron chi connectivity index (χ1n) is 12.9. The van der Waals surface area contributed by atoms with Gasteiger partial charge in [0.25, 0.3) is 5.91 Å². The number of piperazine rings is 1. The average Bonchev–Trinajstić information content (AvgIpc) is 3.30. The monoisotopic (exact) mass is 533 g/mol. The number of nitrogens with one attached hydrogen (secondary N) is 2. The summed E-state index contributed by atoms with van der Waals surface area (Å²) in [4.78, 5) is 28.9. The van der Waals surface area contributed by atoms with Crippen molar-refractivity contribution in [3.63, 3.8) is 0 Å². The Hall–Kier alpha value is -4.11. The number of nitrogens with zero attached hydrogens (tertiary/aromatic N) is 3. The average molecular weight is 534 g/mol. The maximum Gasteiger partial charge on any atom is 0.276 e. The topological polar surface area (TPSA) is 81.3 Å². The third-order valence-corrected chi connectivity index (χ3v) is 6.95.